The molecule has 0 unspecified atom stereocenters. The molecule has 0 aliphatic rings. The predicted molar refractivity (Wildman–Crippen MR) is 130 cm³/mol. The fraction of sp³-hybridized carbons (Fsp3) is 0.120. The summed E-state index contributed by atoms with van der Waals surface area (Å²) in [6.45, 7) is 2.57. The van der Waals surface area contributed by atoms with Crippen molar-refractivity contribution in [3.05, 3.63) is 89.7 Å². The number of hydrogen-bond donors (Lipinski definition) is 2. The van der Waals surface area contributed by atoms with Crippen LogP contribution < -0.4 is 15.4 Å². The number of carbonyl (C=O) groups is 2. The standard InChI is InChI=1S/C25H22N4O3S/c1-2-32-22-8-6-18(7-9-22)25-29-21(16-33-25)15-23(30)27-19-4-3-5-20(14-19)28-24(31)17-10-12-26-13-11-17/h3-14,16H,2,15H2,1H3,(H,27,30)(H,28,31). The third-order valence-corrected chi connectivity index (χ3v) is 5.59. The van der Waals surface area contributed by atoms with Crippen LogP contribution in [0.5, 0.6) is 5.75 Å². The highest BCUT2D eigenvalue weighted by molar-refractivity contribution is 7.13. The van der Waals surface area contributed by atoms with E-state index in [9.17, 15) is 9.59 Å². The number of anilines is 2. The first kappa shape index (κ1) is 22.2. The van der Waals surface area contributed by atoms with Crippen molar-refractivity contribution in [2.24, 2.45) is 0 Å². The summed E-state index contributed by atoms with van der Waals surface area (Å²) in [5.74, 6) is 0.387. The lowest BCUT2D eigenvalue weighted by Gasteiger charge is -2.08. The van der Waals surface area contributed by atoms with Gasteiger partial charge in [0.2, 0.25) is 5.91 Å². The van der Waals surface area contributed by atoms with Gasteiger partial charge in [0.25, 0.3) is 5.91 Å². The second-order valence-electron chi connectivity index (χ2n) is 7.10. The Kier molecular flexibility index (Phi) is 7.06. The zero-order valence-electron chi connectivity index (χ0n) is 17.9. The van der Waals surface area contributed by atoms with Crippen molar-refractivity contribution in [2.75, 3.05) is 17.2 Å². The summed E-state index contributed by atoms with van der Waals surface area (Å²) in [4.78, 5) is 33.4. The number of hydrogen-bond acceptors (Lipinski definition) is 6. The van der Waals surface area contributed by atoms with E-state index in [-0.39, 0.29) is 18.2 Å². The van der Waals surface area contributed by atoms with E-state index in [1.165, 1.54) is 11.3 Å². The predicted octanol–water partition coefficient (Wildman–Crippen LogP) is 5.04. The Hall–Kier alpha value is -4.04. The van der Waals surface area contributed by atoms with Gasteiger partial charge in [-0.15, -0.1) is 11.3 Å². The Morgan fingerprint density at radius 2 is 1.70 bits per heavy atom. The molecule has 4 rings (SSSR count). The molecular formula is C25H22N4O3S. The van der Waals surface area contributed by atoms with E-state index >= 15 is 0 Å². The van der Waals surface area contributed by atoms with E-state index in [1.54, 1.807) is 48.8 Å². The summed E-state index contributed by atoms with van der Waals surface area (Å²) in [6.07, 6.45) is 3.28. The van der Waals surface area contributed by atoms with Gasteiger partial charge in [0, 0.05) is 40.3 Å². The van der Waals surface area contributed by atoms with Crippen LogP contribution in [-0.4, -0.2) is 28.4 Å². The molecular weight excluding hydrogens is 436 g/mol. The van der Waals surface area contributed by atoms with Crippen molar-refractivity contribution in [3.63, 3.8) is 0 Å². The molecule has 2 aromatic heterocycles. The molecule has 0 atom stereocenters. The summed E-state index contributed by atoms with van der Waals surface area (Å²) in [5.41, 5.74) is 3.36. The monoisotopic (exact) mass is 458 g/mol. The fourth-order valence-electron chi connectivity index (χ4n) is 3.13. The number of nitrogens with zero attached hydrogens (tertiary/aromatic N) is 2. The molecule has 4 aromatic rings. The SMILES string of the molecule is CCOc1ccc(-c2nc(CC(=O)Nc3cccc(NC(=O)c4ccncc4)c3)cs2)cc1. The second-order valence-corrected chi connectivity index (χ2v) is 7.96. The van der Waals surface area contributed by atoms with E-state index in [0.29, 0.717) is 29.2 Å². The quantitative estimate of drug-likeness (QED) is 0.386. The smallest absolute Gasteiger partial charge is 0.255 e. The molecule has 0 spiro atoms. The van der Waals surface area contributed by atoms with Gasteiger partial charge in [-0.3, -0.25) is 14.6 Å². The average Bonchev–Trinajstić information content (AvgIpc) is 3.29. The van der Waals surface area contributed by atoms with Crippen LogP contribution in [0.3, 0.4) is 0 Å². The highest BCUT2D eigenvalue weighted by Gasteiger charge is 2.11. The Bertz CT molecular complexity index is 1240. The largest absolute Gasteiger partial charge is 0.494 e. The molecule has 0 fully saturated rings. The first-order chi connectivity index (χ1) is 16.1. The molecule has 0 aliphatic carbocycles. The van der Waals surface area contributed by atoms with Crippen molar-refractivity contribution in [1.29, 1.82) is 0 Å². The Labute approximate surface area is 195 Å². The molecule has 7 nitrogen and oxygen atoms in total. The molecule has 8 heteroatoms. The topological polar surface area (TPSA) is 93.2 Å². The molecule has 2 heterocycles. The number of pyridine rings is 1. The van der Waals surface area contributed by atoms with E-state index in [0.717, 1.165) is 16.3 Å². The van der Waals surface area contributed by atoms with Crippen LogP contribution in [0.2, 0.25) is 0 Å². The third kappa shape index (κ3) is 6.02. The normalized spacial score (nSPS) is 10.5. The number of thiazole rings is 1. The maximum atomic E-state index is 12.5. The second kappa shape index (κ2) is 10.5. The highest BCUT2D eigenvalue weighted by atomic mass is 32.1. The van der Waals surface area contributed by atoms with Crippen LogP contribution in [0.25, 0.3) is 10.6 Å². The molecule has 2 amide bonds. The van der Waals surface area contributed by atoms with Gasteiger partial charge < -0.3 is 15.4 Å². The summed E-state index contributed by atoms with van der Waals surface area (Å²) in [7, 11) is 0. The Morgan fingerprint density at radius 3 is 2.42 bits per heavy atom. The zero-order valence-corrected chi connectivity index (χ0v) is 18.8. The maximum Gasteiger partial charge on any atom is 0.255 e. The molecule has 0 radical (unpaired) electrons. The maximum absolute atomic E-state index is 12.5. The third-order valence-electron chi connectivity index (χ3n) is 4.65. The Balaban J connectivity index is 1.35. The van der Waals surface area contributed by atoms with E-state index in [4.69, 9.17) is 4.74 Å². The van der Waals surface area contributed by atoms with Crippen LogP contribution in [0, 0.1) is 0 Å². The van der Waals surface area contributed by atoms with Gasteiger partial charge in [-0.05, 0) is 61.5 Å². The number of ether oxygens (including phenoxy) is 1. The van der Waals surface area contributed by atoms with Gasteiger partial charge in [0.05, 0.1) is 18.7 Å². The molecule has 166 valence electrons. The highest BCUT2D eigenvalue weighted by Crippen LogP contribution is 2.26. The molecule has 0 saturated heterocycles. The van der Waals surface area contributed by atoms with Crippen molar-refractivity contribution < 1.29 is 14.3 Å². The van der Waals surface area contributed by atoms with Crippen LogP contribution in [0.1, 0.15) is 23.0 Å². The number of rotatable bonds is 8. The van der Waals surface area contributed by atoms with Crippen LogP contribution in [0.15, 0.2) is 78.4 Å². The molecule has 33 heavy (non-hydrogen) atoms. The summed E-state index contributed by atoms with van der Waals surface area (Å²) < 4.78 is 5.47. The number of aromatic nitrogens is 2. The molecule has 0 saturated carbocycles. The fourth-order valence-corrected chi connectivity index (χ4v) is 3.96. The van der Waals surface area contributed by atoms with Gasteiger partial charge >= 0.3 is 0 Å². The summed E-state index contributed by atoms with van der Waals surface area (Å²) in [6, 6.07) is 18.0. The first-order valence-corrected chi connectivity index (χ1v) is 11.3. The minimum atomic E-state index is -0.245. The zero-order chi connectivity index (χ0) is 23.0. The van der Waals surface area contributed by atoms with E-state index in [2.05, 4.69) is 20.6 Å². The number of benzene rings is 2. The van der Waals surface area contributed by atoms with Gasteiger partial charge in [-0.1, -0.05) is 6.07 Å². The van der Waals surface area contributed by atoms with Crippen molar-refractivity contribution in [2.45, 2.75) is 13.3 Å². The van der Waals surface area contributed by atoms with Gasteiger partial charge in [0.15, 0.2) is 0 Å². The van der Waals surface area contributed by atoms with Crippen LogP contribution in [0.4, 0.5) is 11.4 Å². The average molecular weight is 459 g/mol. The van der Waals surface area contributed by atoms with Crippen LogP contribution in [-0.2, 0) is 11.2 Å². The van der Waals surface area contributed by atoms with Gasteiger partial charge in [-0.2, -0.15) is 0 Å². The summed E-state index contributed by atoms with van der Waals surface area (Å²) in [5, 5.41) is 8.41. The number of nitrogens with one attached hydrogen (secondary N) is 2. The van der Waals surface area contributed by atoms with E-state index < -0.39 is 0 Å². The minimum Gasteiger partial charge on any atom is -0.494 e. The molecule has 0 bridgehead atoms. The number of carbonyl (C=O) groups excluding carboxylic acids is 2. The molecule has 0 aliphatic heterocycles. The van der Waals surface area contributed by atoms with Crippen molar-refractivity contribution >= 4 is 34.5 Å². The van der Waals surface area contributed by atoms with Gasteiger partial charge in [0.1, 0.15) is 10.8 Å². The molecule has 2 aromatic carbocycles. The van der Waals surface area contributed by atoms with Crippen molar-refractivity contribution in [1.82, 2.24) is 9.97 Å². The summed E-state index contributed by atoms with van der Waals surface area (Å²) >= 11 is 1.49. The van der Waals surface area contributed by atoms with E-state index in [1.807, 2.05) is 36.6 Å². The lowest BCUT2D eigenvalue weighted by molar-refractivity contribution is -0.115. The lowest BCUT2D eigenvalue weighted by Crippen LogP contribution is -2.15. The first-order valence-electron chi connectivity index (χ1n) is 10.4. The lowest BCUT2D eigenvalue weighted by atomic mass is 10.2. The Morgan fingerprint density at radius 1 is 0.970 bits per heavy atom. The minimum absolute atomic E-state index is 0.154. The van der Waals surface area contributed by atoms with Crippen molar-refractivity contribution in [3.8, 4) is 16.3 Å². The molecule has 2 N–H and O–H groups in total. The van der Waals surface area contributed by atoms with Gasteiger partial charge in [-0.25, -0.2) is 4.98 Å². The van der Waals surface area contributed by atoms with Crippen LogP contribution >= 0.6 is 11.3 Å². The number of amides is 2.